The van der Waals surface area contributed by atoms with Gasteiger partial charge in [-0.2, -0.15) is 0 Å². The summed E-state index contributed by atoms with van der Waals surface area (Å²) in [5.41, 5.74) is 0. The van der Waals surface area contributed by atoms with E-state index < -0.39 is 0 Å². The Labute approximate surface area is 67.9 Å². The third-order valence-electron chi connectivity index (χ3n) is 1.10. The molecule has 0 aliphatic rings. The molecular formula is C9H14O2. The summed E-state index contributed by atoms with van der Waals surface area (Å²) in [6.45, 7) is 4.26. The number of rotatable bonds is 4. The zero-order valence-corrected chi connectivity index (χ0v) is 7.14. The third kappa shape index (κ3) is 6.92. The summed E-state index contributed by atoms with van der Waals surface area (Å²) in [6.07, 6.45) is 1.91. The molecule has 0 N–H and O–H groups in total. The number of esters is 1. The first-order valence-electron chi connectivity index (χ1n) is 3.86. The van der Waals surface area contributed by atoms with Crippen LogP contribution in [-0.2, 0) is 9.53 Å². The van der Waals surface area contributed by atoms with Gasteiger partial charge in [-0.15, -0.1) is 11.8 Å². The molecule has 2 heteroatoms. The molecule has 0 spiro atoms. The molecule has 0 fully saturated rings. The average Bonchev–Trinajstić information content (AvgIpc) is 2.01. The molecule has 0 aromatic rings. The van der Waals surface area contributed by atoms with Crippen molar-refractivity contribution in [2.24, 2.45) is 0 Å². The smallest absolute Gasteiger partial charge is 0.306 e. The van der Waals surface area contributed by atoms with Crippen molar-refractivity contribution in [3.8, 4) is 11.8 Å². The summed E-state index contributed by atoms with van der Waals surface area (Å²) >= 11 is 0. The second-order valence-corrected chi connectivity index (χ2v) is 2.15. The van der Waals surface area contributed by atoms with Crippen molar-refractivity contribution in [1.29, 1.82) is 0 Å². The maximum Gasteiger partial charge on any atom is 0.306 e. The van der Waals surface area contributed by atoms with Crippen molar-refractivity contribution < 1.29 is 9.53 Å². The van der Waals surface area contributed by atoms with Gasteiger partial charge in [0.2, 0.25) is 0 Å². The molecule has 0 rings (SSSR count). The van der Waals surface area contributed by atoms with Gasteiger partial charge >= 0.3 is 5.97 Å². The van der Waals surface area contributed by atoms with Crippen molar-refractivity contribution in [2.45, 2.75) is 33.1 Å². The fourth-order valence-electron chi connectivity index (χ4n) is 0.578. The van der Waals surface area contributed by atoms with Gasteiger partial charge in [0.15, 0.2) is 0 Å². The number of ether oxygens (including phenoxy) is 1. The van der Waals surface area contributed by atoms with E-state index in [1.807, 2.05) is 6.92 Å². The molecule has 0 aromatic heterocycles. The highest BCUT2D eigenvalue weighted by Crippen LogP contribution is 1.91. The van der Waals surface area contributed by atoms with Crippen molar-refractivity contribution in [1.82, 2.24) is 0 Å². The highest BCUT2D eigenvalue weighted by Gasteiger charge is 1.98. The van der Waals surface area contributed by atoms with Gasteiger partial charge in [0, 0.05) is 6.42 Å². The lowest BCUT2D eigenvalue weighted by Gasteiger charge is -1.99. The van der Waals surface area contributed by atoms with Gasteiger partial charge < -0.3 is 4.74 Å². The Morgan fingerprint density at radius 1 is 1.55 bits per heavy atom. The Morgan fingerprint density at radius 3 is 2.82 bits per heavy atom. The Kier molecular flexibility index (Phi) is 6.51. The maximum absolute atomic E-state index is 10.8. The molecular weight excluding hydrogens is 140 g/mol. The van der Waals surface area contributed by atoms with Crippen molar-refractivity contribution in [2.75, 3.05) is 6.61 Å². The molecule has 0 amide bonds. The maximum atomic E-state index is 10.8. The van der Waals surface area contributed by atoms with Crippen LogP contribution in [0.3, 0.4) is 0 Å². The molecule has 0 saturated carbocycles. The van der Waals surface area contributed by atoms with Crippen LogP contribution < -0.4 is 0 Å². The lowest BCUT2D eigenvalue weighted by molar-refractivity contribution is -0.143. The molecule has 0 aromatic carbocycles. The zero-order valence-electron chi connectivity index (χ0n) is 7.14. The summed E-state index contributed by atoms with van der Waals surface area (Å²) in [4.78, 5) is 10.8. The van der Waals surface area contributed by atoms with Gasteiger partial charge in [-0.25, -0.2) is 0 Å². The Hall–Kier alpha value is -0.970. The van der Waals surface area contributed by atoms with E-state index in [4.69, 9.17) is 4.74 Å². The van der Waals surface area contributed by atoms with Crippen LogP contribution in [-0.4, -0.2) is 12.6 Å². The Bertz CT molecular complexity index is 162. The largest absolute Gasteiger partial charge is 0.466 e. The SMILES string of the molecule is CC#CCCC(=O)OCCC. The average molecular weight is 154 g/mol. The van der Waals surface area contributed by atoms with Gasteiger partial charge in [0.05, 0.1) is 13.0 Å². The molecule has 0 bridgehead atoms. The summed E-state index contributed by atoms with van der Waals surface area (Å²) < 4.78 is 4.83. The second-order valence-electron chi connectivity index (χ2n) is 2.15. The molecule has 2 nitrogen and oxygen atoms in total. The zero-order chi connectivity index (χ0) is 8.53. The summed E-state index contributed by atoms with van der Waals surface area (Å²) in [7, 11) is 0. The summed E-state index contributed by atoms with van der Waals surface area (Å²) in [5, 5.41) is 0. The van der Waals surface area contributed by atoms with Gasteiger partial charge in [0.1, 0.15) is 0 Å². The van der Waals surface area contributed by atoms with Gasteiger partial charge in [0.25, 0.3) is 0 Å². The van der Waals surface area contributed by atoms with Crippen LogP contribution in [0.5, 0.6) is 0 Å². The van der Waals surface area contributed by atoms with E-state index in [-0.39, 0.29) is 5.97 Å². The molecule has 62 valence electrons. The van der Waals surface area contributed by atoms with Gasteiger partial charge in [-0.3, -0.25) is 4.79 Å². The third-order valence-corrected chi connectivity index (χ3v) is 1.10. The highest BCUT2D eigenvalue weighted by atomic mass is 16.5. The van der Waals surface area contributed by atoms with Crippen LogP contribution in [0.2, 0.25) is 0 Å². The van der Waals surface area contributed by atoms with Crippen LogP contribution in [0.1, 0.15) is 33.1 Å². The van der Waals surface area contributed by atoms with E-state index >= 15 is 0 Å². The van der Waals surface area contributed by atoms with E-state index in [1.165, 1.54) is 0 Å². The molecule has 0 heterocycles. The van der Waals surface area contributed by atoms with Crippen molar-refractivity contribution in [3.05, 3.63) is 0 Å². The first-order chi connectivity index (χ1) is 5.31. The lowest BCUT2D eigenvalue weighted by Crippen LogP contribution is -2.04. The van der Waals surface area contributed by atoms with E-state index in [2.05, 4.69) is 11.8 Å². The quantitative estimate of drug-likeness (QED) is 0.455. The molecule has 0 saturated heterocycles. The van der Waals surface area contributed by atoms with Crippen molar-refractivity contribution in [3.63, 3.8) is 0 Å². The Balaban J connectivity index is 3.27. The minimum absolute atomic E-state index is 0.144. The molecule has 0 aliphatic heterocycles. The predicted molar refractivity (Wildman–Crippen MR) is 43.9 cm³/mol. The monoisotopic (exact) mass is 154 g/mol. The number of hydrogen-bond acceptors (Lipinski definition) is 2. The minimum atomic E-state index is -0.144. The Morgan fingerprint density at radius 2 is 2.27 bits per heavy atom. The first kappa shape index (κ1) is 10.0. The van der Waals surface area contributed by atoms with Gasteiger partial charge in [-0.05, 0) is 13.3 Å². The van der Waals surface area contributed by atoms with Crippen molar-refractivity contribution >= 4 is 5.97 Å². The van der Waals surface area contributed by atoms with E-state index in [0.29, 0.717) is 19.4 Å². The minimum Gasteiger partial charge on any atom is -0.466 e. The normalized spacial score (nSPS) is 8.18. The summed E-state index contributed by atoms with van der Waals surface area (Å²) in [5.74, 6) is 5.38. The number of hydrogen-bond donors (Lipinski definition) is 0. The van der Waals surface area contributed by atoms with Crippen LogP contribution in [0, 0.1) is 11.8 Å². The van der Waals surface area contributed by atoms with E-state index in [0.717, 1.165) is 6.42 Å². The van der Waals surface area contributed by atoms with E-state index in [1.54, 1.807) is 6.92 Å². The first-order valence-corrected chi connectivity index (χ1v) is 3.86. The van der Waals surface area contributed by atoms with Crippen LogP contribution in [0.25, 0.3) is 0 Å². The fraction of sp³-hybridized carbons (Fsp3) is 0.667. The topological polar surface area (TPSA) is 26.3 Å². The van der Waals surface area contributed by atoms with Crippen LogP contribution in [0.15, 0.2) is 0 Å². The van der Waals surface area contributed by atoms with Crippen LogP contribution >= 0.6 is 0 Å². The molecule has 0 unspecified atom stereocenters. The molecule has 0 aliphatic carbocycles. The molecule has 0 radical (unpaired) electrons. The number of carbonyl (C=O) groups is 1. The standard InChI is InChI=1S/C9H14O2/c1-3-5-6-7-9(10)11-8-4-2/h4,6-8H2,1-2H3. The second kappa shape index (κ2) is 7.14. The molecule has 11 heavy (non-hydrogen) atoms. The summed E-state index contributed by atoms with van der Waals surface area (Å²) in [6, 6.07) is 0. The van der Waals surface area contributed by atoms with Gasteiger partial charge in [-0.1, -0.05) is 6.92 Å². The number of carbonyl (C=O) groups excluding carboxylic acids is 1. The highest BCUT2D eigenvalue weighted by molar-refractivity contribution is 5.69. The lowest BCUT2D eigenvalue weighted by atomic mass is 10.3. The van der Waals surface area contributed by atoms with Crippen LogP contribution in [0.4, 0.5) is 0 Å². The predicted octanol–water partition coefficient (Wildman–Crippen LogP) is 1.74. The fourth-order valence-corrected chi connectivity index (χ4v) is 0.578. The van der Waals surface area contributed by atoms with E-state index in [9.17, 15) is 4.79 Å². The molecule has 0 atom stereocenters.